The molecule has 0 saturated heterocycles. The molecule has 1 saturated carbocycles. The van der Waals surface area contributed by atoms with Gasteiger partial charge in [0.05, 0.1) is 4.47 Å². The van der Waals surface area contributed by atoms with Crippen molar-refractivity contribution in [2.75, 3.05) is 6.61 Å². The van der Waals surface area contributed by atoms with E-state index in [1.54, 1.807) is 0 Å². The SMILES string of the molecule is CC#CCOc1ccc(CNC2CC2)cc1Br. The van der Waals surface area contributed by atoms with E-state index in [0.29, 0.717) is 6.61 Å². The van der Waals surface area contributed by atoms with Gasteiger partial charge < -0.3 is 10.1 Å². The molecule has 1 aromatic carbocycles. The highest BCUT2D eigenvalue weighted by Crippen LogP contribution is 2.26. The Balaban J connectivity index is 1.91. The van der Waals surface area contributed by atoms with Gasteiger partial charge in [0.25, 0.3) is 0 Å². The molecule has 0 aromatic heterocycles. The number of halogens is 1. The maximum absolute atomic E-state index is 5.53. The average molecular weight is 294 g/mol. The first-order chi connectivity index (χ1) is 8.29. The zero-order valence-electron chi connectivity index (χ0n) is 9.92. The monoisotopic (exact) mass is 293 g/mol. The fourth-order valence-corrected chi connectivity index (χ4v) is 2.05. The number of hydrogen-bond acceptors (Lipinski definition) is 2. The Labute approximate surface area is 111 Å². The molecule has 0 aliphatic heterocycles. The highest BCUT2D eigenvalue weighted by Gasteiger charge is 2.19. The Morgan fingerprint density at radius 3 is 2.94 bits per heavy atom. The lowest BCUT2D eigenvalue weighted by atomic mass is 10.2. The van der Waals surface area contributed by atoms with Gasteiger partial charge >= 0.3 is 0 Å². The molecule has 0 bridgehead atoms. The second-order valence-corrected chi connectivity index (χ2v) is 4.99. The normalized spacial score (nSPS) is 14.0. The van der Waals surface area contributed by atoms with Crippen molar-refractivity contribution >= 4 is 15.9 Å². The van der Waals surface area contributed by atoms with E-state index < -0.39 is 0 Å². The maximum atomic E-state index is 5.53. The van der Waals surface area contributed by atoms with Crippen molar-refractivity contribution in [3.8, 4) is 17.6 Å². The first kappa shape index (κ1) is 12.5. The highest BCUT2D eigenvalue weighted by atomic mass is 79.9. The van der Waals surface area contributed by atoms with Gasteiger partial charge in [-0.15, -0.1) is 5.92 Å². The van der Waals surface area contributed by atoms with E-state index in [1.807, 2.05) is 13.0 Å². The van der Waals surface area contributed by atoms with Crippen LogP contribution in [-0.2, 0) is 6.54 Å². The molecule has 0 amide bonds. The van der Waals surface area contributed by atoms with Crippen molar-refractivity contribution in [1.29, 1.82) is 0 Å². The summed E-state index contributed by atoms with van der Waals surface area (Å²) in [7, 11) is 0. The second-order valence-electron chi connectivity index (χ2n) is 4.14. The van der Waals surface area contributed by atoms with Gasteiger partial charge in [-0.2, -0.15) is 0 Å². The summed E-state index contributed by atoms with van der Waals surface area (Å²) >= 11 is 3.52. The molecule has 0 heterocycles. The Bertz CT molecular complexity index is 443. The Kier molecular flexibility index (Phi) is 4.47. The van der Waals surface area contributed by atoms with Crippen LogP contribution in [-0.4, -0.2) is 12.6 Å². The lowest BCUT2D eigenvalue weighted by Crippen LogP contribution is -2.15. The third-order valence-corrected chi connectivity index (χ3v) is 3.26. The molecule has 0 radical (unpaired) electrons. The molecule has 1 N–H and O–H groups in total. The van der Waals surface area contributed by atoms with Crippen LogP contribution in [0.5, 0.6) is 5.75 Å². The van der Waals surface area contributed by atoms with E-state index in [4.69, 9.17) is 4.74 Å². The molecule has 0 spiro atoms. The molecule has 3 heteroatoms. The van der Waals surface area contributed by atoms with Crippen LogP contribution in [0.25, 0.3) is 0 Å². The van der Waals surface area contributed by atoms with E-state index in [-0.39, 0.29) is 0 Å². The predicted octanol–water partition coefficient (Wildman–Crippen LogP) is 3.10. The van der Waals surface area contributed by atoms with E-state index in [1.165, 1.54) is 18.4 Å². The summed E-state index contributed by atoms with van der Waals surface area (Å²) in [5, 5.41) is 3.49. The number of ether oxygens (including phenoxy) is 1. The summed E-state index contributed by atoms with van der Waals surface area (Å²) in [4.78, 5) is 0. The Hall–Kier alpha value is -0.980. The quantitative estimate of drug-likeness (QED) is 0.843. The van der Waals surface area contributed by atoms with E-state index in [0.717, 1.165) is 22.8 Å². The van der Waals surface area contributed by atoms with Gasteiger partial charge in [-0.05, 0) is 53.4 Å². The van der Waals surface area contributed by atoms with Gasteiger partial charge in [-0.3, -0.25) is 0 Å². The molecule has 0 atom stereocenters. The van der Waals surface area contributed by atoms with Crippen LogP contribution in [0.3, 0.4) is 0 Å². The lowest BCUT2D eigenvalue weighted by molar-refractivity contribution is 0.367. The summed E-state index contributed by atoms with van der Waals surface area (Å²) in [6, 6.07) is 6.93. The number of benzene rings is 1. The van der Waals surface area contributed by atoms with E-state index >= 15 is 0 Å². The third kappa shape index (κ3) is 4.07. The third-order valence-electron chi connectivity index (χ3n) is 2.65. The minimum Gasteiger partial charge on any atom is -0.480 e. The van der Waals surface area contributed by atoms with Crippen LogP contribution in [0, 0.1) is 11.8 Å². The topological polar surface area (TPSA) is 21.3 Å². The highest BCUT2D eigenvalue weighted by molar-refractivity contribution is 9.10. The first-order valence-electron chi connectivity index (χ1n) is 5.84. The molecule has 1 fully saturated rings. The van der Waals surface area contributed by atoms with Crippen molar-refractivity contribution in [2.24, 2.45) is 0 Å². The zero-order valence-corrected chi connectivity index (χ0v) is 11.5. The van der Waals surface area contributed by atoms with Gasteiger partial charge in [0.15, 0.2) is 0 Å². The minimum atomic E-state index is 0.439. The van der Waals surface area contributed by atoms with Gasteiger partial charge in [0.2, 0.25) is 0 Å². The smallest absolute Gasteiger partial charge is 0.149 e. The van der Waals surface area contributed by atoms with Crippen LogP contribution in [0.15, 0.2) is 22.7 Å². The van der Waals surface area contributed by atoms with Gasteiger partial charge in [0.1, 0.15) is 12.4 Å². The minimum absolute atomic E-state index is 0.439. The van der Waals surface area contributed by atoms with Crippen molar-refractivity contribution in [2.45, 2.75) is 32.4 Å². The molecule has 0 unspecified atom stereocenters. The molecular formula is C14H16BrNO. The number of rotatable bonds is 5. The lowest BCUT2D eigenvalue weighted by Gasteiger charge is -2.08. The van der Waals surface area contributed by atoms with Crippen molar-refractivity contribution in [1.82, 2.24) is 5.32 Å². The van der Waals surface area contributed by atoms with Crippen LogP contribution in [0.4, 0.5) is 0 Å². The fraction of sp³-hybridized carbons (Fsp3) is 0.429. The average Bonchev–Trinajstić information content (AvgIpc) is 3.13. The Morgan fingerprint density at radius 1 is 1.47 bits per heavy atom. The van der Waals surface area contributed by atoms with Crippen LogP contribution in [0.1, 0.15) is 25.3 Å². The maximum Gasteiger partial charge on any atom is 0.149 e. The van der Waals surface area contributed by atoms with E-state index in [9.17, 15) is 0 Å². The van der Waals surface area contributed by atoms with E-state index in [2.05, 4.69) is 45.2 Å². The largest absolute Gasteiger partial charge is 0.480 e. The molecule has 90 valence electrons. The summed E-state index contributed by atoms with van der Waals surface area (Å²) in [6.45, 7) is 3.18. The van der Waals surface area contributed by atoms with Crippen LogP contribution < -0.4 is 10.1 Å². The predicted molar refractivity (Wildman–Crippen MR) is 72.9 cm³/mol. The summed E-state index contributed by atoms with van der Waals surface area (Å²) in [5.74, 6) is 6.54. The summed E-state index contributed by atoms with van der Waals surface area (Å²) in [6.07, 6.45) is 2.64. The number of nitrogens with one attached hydrogen (secondary N) is 1. The molecule has 1 aliphatic carbocycles. The molecule has 2 nitrogen and oxygen atoms in total. The molecule has 1 aromatic rings. The fourth-order valence-electron chi connectivity index (χ4n) is 1.51. The Morgan fingerprint density at radius 2 is 2.29 bits per heavy atom. The van der Waals surface area contributed by atoms with Gasteiger partial charge in [-0.25, -0.2) is 0 Å². The molecule has 1 aliphatic rings. The van der Waals surface area contributed by atoms with Crippen molar-refractivity contribution < 1.29 is 4.74 Å². The van der Waals surface area contributed by atoms with Crippen molar-refractivity contribution in [3.63, 3.8) is 0 Å². The summed E-state index contributed by atoms with van der Waals surface area (Å²) < 4.78 is 6.52. The van der Waals surface area contributed by atoms with Crippen LogP contribution in [0.2, 0.25) is 0 Å². The van der Waals surface area contributed by atoms with Gasteiger partial charge in [0, 0.05) is 12.6 Å². The first-order valence-corrected chi connectivity index (χ1v) is 6.63. The molecule has 17 heavy (non-hydrogen) atoms. The molecular weight excluding hydrogens is 278 g/mol. The summed E-state index contributed by atoms with van der Waals surface area (Å²) in [5.41, 5.74) is 1.28. The van der Waals surface area contributed by atoms with Gasteiger partial charge in [-0.1, -0.05) is 12.0 Å². The number of hydrogen-bond donors (Lipinski definition) is 1. The van der Waals surface area contributed by atoms with Crippen molar-refractivity contribution in [3.05, 3.63) is 28.2 Å². The standard InChI is InChI=1S/C14H16BrNO/c1-2-3-8-17-14-7-4-11(9-13(14)15)10-16-12-5-6-12/h4,7,9,12,16H,5-6,8,10H2,1H3. The van der Waals surface area contributed by atoms with Crippen LogP contribution >= 0.6 is 15.9 Å². The zero-order chi connectivity index (χ0) is 12.1. The second kappa shape index (κ2) is 6.09. The molecule has 2 rings (SSSR count).